The van der Waals surface area contributed by atoms with Crippen molar-refractivity contribution in [1.82, 2.24) is 0 Å². The van der Waals surface area contributed by atoms with E-state index in [0.29, 0.717) is 0 Å². The summed E-state index contributed by atoms with van der Waals surface area (Å²) in [5, 5.41) is 1.17. The lowest BCUT2D eigenvalue weighted by Crippen LogP contribution is -1.81. The van der Waals surface area contributed by atoms with Gasteiger partial charge in [0.2, 0.25) is 0 Å². The molecule has 0 aromatic carbocycles. The fourth-order valence-corrected chi connectivity index (χ4v) is 2.88. The summed E-state index contributed by atoms with van der Waals surface area (Å²) in [6, 6.07) is 0. The van der Waals surface area contributed by atoms with Crippen LogP contribution in [0.1, 0.15) is 97.3 Å². The van der Waals surface area contributed by atoms with Gasteiger partial charge in [0.1, 0.15) is 0 Å². The second-order valence-electron chi connectivity index (χ2n) is 6.81. The predicted molar refractivity (Wildman–Crippen MR) is 107 cm³/mol. The van der Waals surface area contributed by atoms with Crippen LogP contribution >= 0.6 is 15.9 Å². The molecule has 0 aromatic rings. The van der Waals surface area contributed by atoms with Crippen LogP contribution in [-0.2, 0) is 0 Å². The molecule has 22 heavy (non-hydrogen) atoms. The van der Waals surface area contributed by atoms with E-state index in [0.717, 1.165) is 5.92 Å². The Morgan fingerprint density at radius 1 is 0.591 bits per heavy atom. The molecule has 0 saturated heterocycles. The van der Waals surface area contributed by atoms with E-state index in [1.54, 1.807) is 0 Å². The van der Waals surface area contributed by atoms with Crippen molar-refractivity contribution < 1.29 is 0 Å². The van der Waals surface area contributed by atoms with Crippen molar-refractivity contribution in [3.63, 3.8) is 0 Å². The Morgan fingerprint density at radius 3 is 1.45 bits per heavy atom. The quantitative estimate of drug-likeness (QED) is 0.146. The van der Waals surface area contributed by atoms with Crippen LogP contribution in [0.4, 0.5) is 0 Å². The SMILES string of the molecule is CC(C)C/C=C/CCCCCC/C=C/CCCCCCCBr. The number of hydrogen-bond acceptors (Lipinski definition) is 0. The van der Waals surface area contributed by atoms with Crippen LogP contribution in [0.25, 0.3) is 0 Å². The molecule has 0 saturated carbocycles. The van der Waals surface area contributed by atoms with Gasteiger partial charge in [-0.1, -0.05) is 86.2 Å². The summed E-state index contributed by atoms with van der Waals surface area (Å²) < 4.78 is 0. The highest BCUT2D eigenvalue weighted by Gasteiger charge is 1.90. The molecule has 0 bridgehead atoms. The van der Waals surface area contributed by atoms with Gasteiger partial charge < -0.3 is 0 Å². The standard InChI is InChI=1S/C21H39Br/c1-21(2)19-17-15-13-11-9-7-5-3-4-6-8-10-12-14-16-18-20-22/h4,6,15,17,21H,3,5,7-14,16,18-20H2,1-2H3/b6-4+,17-15+. The average molecular weight is 371 g/mol. The summed E-state index contributed by atoms with van der Waals surface area (Å²) in [5.41, 5.74) is 0. The highest BCUT2D eigenvalue weighted by atomic mass is 79.9. The summed E-state index contributed by atoms with van der Waals surface area (Å²) in [6.45, 7) is 4.56. The van der Waals surface area contributed by atoms with Crippen LogP contribution in [0.5, 0.6) is 0 Å². The monoisotopic (exact) mass is 370 g/mol. The fraction of sp³-hybridized carbons (Fsp3) is 0.810. The molecule has 0 spiro atoms. The fourth-order valence-electron chi connectivity index (χ4n) is 2.49. The number of unbranched alkanes of at least 4 members (excludes halogenated alkanes) is 10. The van der Waals surface area contributed by atoms with E-state index in [9.17, 15) is 0 Å². The van der Waals surface area contributed by atoms with Crippen molar-refractivity contribution in [2.24, 2.45) is 5.92 Å². The van der Waals surface area contributed by atoms with Crippen LogP contribution in [0.15, 0.2) is 24.3 Å². The first-order valence-corrected chi connectivity index (χ1v) is 10.8. The molecule has 0 amide bonds. The Bertz CT molecular complexity index is 253. The molecule has 1 heteroatoms. The minimum absolute atomic E-state index is 0.803. The van der Waals surface area contributed by atoms with Crippen LogP contribution in [-0.4, -0.2) is 5.33 Å². The lowest BCUT2D eigenvalue weighted by molar-refractivity contribution is 0.636. The number of rotatable bonds is 16. The van der Waals surface area contributed by atoms with Gasteiger partial charge in [-0.3, -0.25) is 0 Å². The molecule has 0 rings (SSSR count). The Labute approximate surface area is 149 Å². The summed E-state index contributed by atoms with van der Waals surface area (Å²) in [5.74, 6) is 0.803. The van der Waals surface area contributed by atoms with Crippen LogP contribution in [0.2, 0.25) is 0 Å². The first-order chi connectivity index (χ1) is 10.8. The number of hydrogen-bond donors (Lipinski definition) is 0. The first-order valence-electron chi connectivity index (χ1n) is 9.63. The third-order valence-electron chi connectivity index (χ3n) is 3.94. The van der Waals surface area contributed by atoms with Gasteiger partial charge >= 0.3 is 0 Å². The van der Waals surface area contributed by atoms with Crippen LogP contribution < -0.4 is 0 Å². The van der Waals surface area contributed by atoms with E-state index < -0.39 is 0 Å². The highest BCUT2D eigenvalue weighted by Crippen LogP contribution is 2.09. The van der Waals surface area contributed by atoms with Crippen molar-refractivity contribution in [1.29, 1.82) is 0 Å². The van der Waals surface area contributed by atoms with E-state index in [1.807, 2.05) is 0 Å². The Hall–Kier alpha value is -0.0400. The molecule has 0 radical (unpaired) electrons. The Morgan fingerprint density at radius 2 is 1.00 bits per heavy atom. The summed E-state index contributed by atoms with van der Waals surface area (Å²) >= 11 is 3.48. The molecule has 0 aliphatic heterocycles. The van der Waals surface area contributed by atoms with Gasteiger partial charge in [-0.2, -0.15) is 0 Å². The van der Waals surface area contributed by atoms with Crippen molar-refractivity contribution in [3.8, 4) is 0 Å². The molecule has 0 atom stereocenters. The zero-order valence-electron chi connectivity index (χ0n) is 15.2. The molecule has 0 nitrogen and oxygen atoms in total. The predicted octanol–water partition coefficient (Wildman–Crippen LogP) is 8.22. The summed E-state index contributed by atoms with van der Waals surface area (Å²) in [6.07, 6.45) is 27.1. The van der Waals surface area contributed by atoms with Gasteiger partial charge in [-0.05, 0) is 57.3 Å². The maximum Gasteiger partial charge on any atom is 0.00313 e. The summed E-state index contributed by atoms with van der Waals surface area (Å²) in [7, 11) is 0. The molecule has 0 aromatic heterocycles. The lowest BCUT2D eigenvalue weighted by atomic mass is 10.1. The normalized spacial score (nSPS) is 12.2. The second-order valence-corrected chi connectivity index (χ2v) is 7.60. The van der Waals surface area contributed by atoms with Crippen LogP contribution in [0, 0.1) is 5.92 Å². The highest BCUT2D eigenvalue weighted by molar-refractivity contribution is 9.09. The topological polar surface area (TPSA) is 0 Å². The molecule has 0 unspecified atom stereocenters. The Kier molecular flexibility index (Phi) is 19.0. The minimum atomic E-state index is 0.803. The molecular weight excluding hydrogens is 332 g/mol. The van der Waals surface area contributed by atoms with E-state index in [1.165, 1.54) is 88.8 Å². The third-order valence-corrected chi connectivity index (χ3v) is 4.50. The van der Waals surface area contributed by atoms with Gasteiger partial charge in [0.05, 0.1) is 0 Å². The van der Waals surface area contributed by atoms with Crippen molar-refractivity contribution in [3.05, 3.63) is 24.3 Å². The molecule has 0 aliphatic carbocycles. The molecule has 130 valence electrons. The van der Waals surface area contributed by atoms with Crippen LogP contribution in [0.3, 0.4) is 0 Å². The maximum absolute atomic E-state index is 3.48. The molecule has 0 fully saturated rings. The largest absolute Gasteiger partial charge is 0.0928 e. The van der Waals surface area contributed by atoms with Crippen molar-refractivity contribution in [2.75, 3.05) is 5.33 Å². The van der Waals surface area contributed by atoms with E-state index in [4.69, 9.17) is 0 Å². The van der Waals surface area contributed by atoms with Gasteiger partial charge in [0, 0.05) is 5.33 Å². The van der Waals surface area contributed by atoms with Gasteiger partial charge in [0.25, 0.3) is 0 Å². The second kappa shape index (κ2) is 19.0. The molecule has 0 aliphatic rings. The first kappa shape index (κ1) is 22.0. The van der Waals surface area contributed by atoms with Crippen molar-refractivity contribution >= 4 is 15.9 Å². The number of halogens is 1. The van der Waals surface area contributed by atoms with Crippen molar-refractivity contribution in [2.45, 2.75) is 97.3 Å². The van der Waals surface area contributed by atoms with Gasteiger partial charge in [0.15, 0.2) is 0 Å². The lowest BCUT2D eigenvalue weighted by Gasteiger charge is -1.99. The smallest absolute Gasteiger partial charge is 0.00313 e. The summed E-state index contributed by atoms with van der Waals surface area (Å²) in [4.78, 5) is 0. The number of alkyl halides is 1. The molecule has 0 heterocycles. The van der Waals surface area contributed by atoms with E-state index in [2.05, 4.69) is 54.1 Å². The van der Waals surface area contributed by atoms with E-state index >= 15 is 0 Å². The Balaban J connectivity index is 3.12. The van der Waals surface area contributed by atoms with Gasteiger partial charge in [-0.15, -0.1) is 0 Å². The molecule has 0 N–H and O–H groups in total. The molecular formula is C21H39Br. The average Bonchev–Trinajstić information content (AvgIpc) is 2.50. The third kappa shape index (κ3) is 20.0. The zero-order chi connectivity index (χ0) is 16.3. The van der Waals surface area contributed by atoms with Gasteiger partial charge in [-0.25, -0.2) is 0 Å². The zero-order valence-corrected chi connectivity index (χ0v) is 16.8. The van der Waals surface area contributed by atoms with E-state index in [-0.39, 0.29) is 0 Å². The maximum atomic E-state index is 3.48. The number of allylic oxidation sites excluding steroid dienone is 4. The minimum Gasteiger partial charge on any atom is -0.0928 e.